The summed E-state index contributed by atoms with van der Waals surface area (Å²) in [7, 11) is 0. The predicted molar refractivity (Wildman–Crippen MR) is 64.5 cm³/mol. The molecule has 2 aromatic rings. The molecule has 0 atom stereocenters. The van der Waals surface area contributed by atoms with Gasteiger partial charge in [-0.05, 0) is 36.2 Å². The summed E-state index contributed by atoms with van der Waals surface area (Å²) in [4.78, 5) is 0. The Balaban J connectivity index is 2.14. The lowest BCUT2D eigenvalue weighted by Gasteiger charge is -2.09. The Morgan fingerprint density at radius 3 is 2.22 bits per heavy atom. The molecule has 0 saturated carbocycles. The SMILES string of the molecule is [CH2]c1ccccc1NCc1cc(F)c(F)c(F)c1. The van der Waals surface area contributed by atoms with Crippen molar-refractivity contribution in [3.8, 4) is 0 Å². The van der Waals surface area contributed by atoms with Gasteiger partial charge in [0.1, 0.15) is 0 Å². The van der Waals surface area contributed by atoms with Crippen molar-refractivity contribution in [3.05, 3.63) is 71.9 Å². The zero-order chi connectivity index (χ0) is 13.1. The molecule has 1 N–H and O–H groups in total. The van der Waals surface area contributed by atoms with Gasteiger partial charge in [-0.25, -0.2) is 13.2 Å². The Bertz CT molecular complexity index is 544. The second kappa shape index (κ2) is 5.12. The van der Waals surface area contributed by atoms with Gasteiger partial charge in [0.2, 0.25) is 0 Å². The van der Waals surface area contributed by atoms with Crippen molar-refractivity contribution in [2.24, 2.45) is 0 Å². The van der Waals surface area contributed by atoms with Crippen molar-refractivity contribution in [1.82, 2.24) is 0 Å². The highest BCUT2D eigenvalue weighted by molar-refractivity contribution is 5.52. The highest BCUT2D eigenvalue weighted by atomic mass is 19.2. The average Bonchev–Trinajstić information content (AvgIpc) is 2.35. The maximum absolute atomic E-state index is 13.0. The molecule has 0 aromatic heterocycles. The molecule has 0 unspecified atom stereocenters. The summed E-state index contributed by atoms with van der Waals surface area (Å²) in [6.07, 6.45) is 0. The predicted octanol–water partition coefficient (Wildman–Crippen LogP) is 3.90. The van der Waals surface area contributed by atoms with Gasteiger partial charge in [0.15, 0.2) is 17.5 Å². The Hall–Kier alpha value is -1.97. The monoisotopic (exact) mass is 250 g/mol. The molecule has 18 heavy (non-hydrogen) atoms. The van der Waals surface area contributed by atoms with Gasteiger partial charge in [0.25, 0.3) is 0 Å². The molecule has 1 nitrogen and oxygen atoms in total. The number of para-hydroxylation sites is 1. The first-order valence-corrected chi connectivity index (χ1v) is 5.36. The molecule has 0 bridgehead atoms. The second-order valence-corrected chi connectivity index (χ2v) is 3.88. The van der Waals surface area contributed by atoms with E-state index in [1.807, 2.05) is 18.2 Å². The van der Waals surface area contributed by atoms with Crippen LogP contribution in [0.2, 0.25) is 0 Å². The number of benzene rings is 2. The molecule has 0 fully saturated rings. The lowest BCUT2D eigenvalue weighted by Crippen LogP contribution is -2.03. The van der Waals surface area contributed by atoms with Crippen LogP contribution in [0.4, 0.5) is 18.9 Å². The lowest BCUT2D eigenvalue weighted by molar-refractivity contribution is 0.445. The van der Waals surface area contributed by atoms with Crippen LogP contribution in [0.25, 0.3) is 0 Å². The van der Waals surface area contributed by atoms with Crippen LogP contribution in [0.1, 0.15) is 11.1 Å². The summed E-state index contributed by atoms with van der Waals surface area (Å²) in [5.74, 6) is -3.82. The van der Waals surface area contributed by atoms with E-state index in [4.69, 9.17) is 0 Å². The summed E-state index contributed by atoms with van der Waals surface area (Å²) < 4.78 is 38.7. The average molecular weight is 250 g/mol. The number of halogens is 3. The third-order valence-electron chi connectivity index (χ3n) is 2.54. The van der Waals surface area contributed by atoms with E-state index < -0.39 is 17.5 Å². The van der Waals surface area contributed by atoms with Gasteiger partial charge in [0, 0.05) is 12.2 Å². The normalized spacial score (nSPS) is 10.4. The van der Waals surface area contributed by atoms with Gasteiger partial charge >= 0.3 is 0 Å². The van der Waals surface area contributed by atoms with Gasteiger partial charge in [-0.15, -0.1) is 0 Å². The first-order chi connectivity index (χ1) is 8.58. The molecule has 2 rings (SSSR count). The molecule has 0 aliphatic rings. The van der Waals surface area contributed by atoms with E-state index >= 15 is 0 Å². The second-order valence-electron chi connectivity index (χ2n) is 3.88. The third-order valence-corrected chi connectivity index (χ3v) is 2.54. The standard InChI is InChI=1S/C14H11F3N/c1-9-4-2-3-5-13(9)18-8-10-6-11(15)14(17)12(16)7-10/h2-7,18H,1,8H2. The Morgan fingerprint density at radius 2 is 1.61 bits per heavy atom. The van der Waals surface area contributed by atoms with E-state index in [-0.39, 0.29) is 6.54 Å². The van der Waals surface area contributed by atoms with Crippen molar-refractivity contribution in [1.29, 1.82) is 0 Å². The lowest BCUT2D eigenvalue weighted by atomic mass is 10.1. The molecule has 4 heteroatoms. The van der Waals surface area contributed by atoms with E-state index in [1.165, 1.54) is 0 Å². The number of hydrogen-bond donors (Lipinski definition) is 1. The number of rotatable bonds is 3. The zero-order valence-electron chi connectivity index (χ0n) is 9.51. The zero-order valence-corrected chi connectivity index (χ0v) is 9.51. The van der Waals surface area contributed by atoms with Crippen molar-refractivity contribution < 1.29 is 13.2 Å². The summed E-state index contributed by atoms with van der Waals surface area (Å²) in [6.45, 7) is 4.01. The van der Waals surface area contributed by atoms with Crippen molar-refractivity contribution in [3.63, 3.8) is 0 Å². The maximum Gasteiger partial charge on any atom is 0.194 e. The minimum atomic E-state index is -1.45. The van der Waals surface area contributed by atoms with E-state index in [9.17, 15) is 13.2 Å². The highest BCUT2D eigenvalue weighted by Crippen LogP contribution is 2.17. The molecule has 93 valence electrons. The van der Waals surface area contributed by atoms with Crippen LogP contribution in [0, 0.1) is 24.4 Å². The van der Waals surface area contributed by atoms with Gasteiger partial charge < -0.3 is 5.32 Å². The Kier molecular flexibility index (Phi) is 3.55. The first kappa shape index (κ1) is 12.5. The maximum atomic E-state index is 13.0. The molecule has 2 aromatic carbocycles. The molecule has 0 heterocycles. The fourth-order valence-electron chi connectivity index (χ4n) is 1.60. The highest BCUT2D eigenvalue weighted by Gasteiger charge is 2.10. The number of hydrogen-bond acceptors (Lipinski definition) is 1. The third kappa shape index (κ3) is 2.64. The van der Waals surface area contributed by atoms with Crippen molar-refractivity contribution in [2.75, 3.05) is 5.32 Å². The van der Waals surface area contributed by atoms with Crippen molar-refractivity contribution in [2.45, 2.75) is 6.54 Å². The summed E-state index contributed by atoms with van der Waals surface area (Å²) in [5, 5.41) is 2.98. The van der Waals surface area contributed by atoms with Crippen LogP contribution >= 0.6 is 0 Å². The van der Waals surface area contributed by atoms with E-state index in [1.54, 1.807) is 6.07 Å². The van der Waals surface area contributed by atoms with Crippen LogP contribution in [-0.4, -0.2) is 0 Å². The first-order valence-electron chi connectivity index (χ1n) is 5.36. The van der Waals surface area contributed by atoms with Gasteiger partial charge in [-0.2, -0.15) is 0 Å². The van der Waals surface area contributed by atoms with Crippen LogP contribution in [0.3, 0.4) is 0 Å². The molecular weight excluding hydrogens is 239 g/mol. The quantitative estimate of drug-likeness (QED) is 0.815. The minimum absolute atomic E-state index is 0.195. The fraction of sp³-hybridized carbons (Fsp3) is 0.0714. The Morgan fingerprint density at radius 1 is 1.00 bits per heavy atom. The topological polar surface area (TPSA) is 12.0 Å². The number of anilines is 1. The fourth-order valence-corrected chi connectivity index (χ4v) is 1.60. The van der Waals surface area contributed by atoms with E-state index in [2.05, 4.69) is 12.2 Å². The van der Waals surface area contributed by atoms with Gasteiger partial charge in [0.05, 0.1) is 0 Å². The largest absolute Gasteiger partial charge is 0.381 e. The van der Waals surface area contributed by atoms with Crippen LogP contribution in [0.15, 0.2) is 36.4 Å². The minimum Gasteiger partial charge on any atom is -0.381 e. The smallest absolute Gasteiger partial charge is 0.194 e. The molecule has 0 spiro atoms. The van der Waals surface area contributed by atoms with Crippen LogP contribution in [-0.2, 0) is 6.54 Å². The molecule has 0 saturated heterocycles. The summed E-state index contributed by atoms with van der Waals surface area (Å²) in [6, 6.07) is 9.22. The summed E-state index contributed by atoms with van der Waals surface area (Å²) >= 11 is 0. The van der Waals surface area contributed by atoms with Crippen molar-refractivity contribution >= 4 is 5.69 Å². The van der Waals surface area contributed by atoms with E-state index in [0.29, 0.717) is 5.56 Å². The molecular formula is C14H11F3N. The molecule has 0 aliphatic carbocycles. The molecule has 0 aliphatic heterocycles. The molecule has 1 radical (unpaired) electrons. The van der Waals surface area contributed by atoms with Crippen LogP contribution in [0.5, 0.6) is 0 Å². The Labute approximate surface area is 103 Å². The number of nitrogens with one attached hydrogen (secondary N) is 1. The van der Waals surface area contributed by atoms with Crippen LogP contribution < -0.4 is 5.32 Å². The molecule has 0 amide bonds. The van der Waals surface area contributed by atoms with E-state index in [0.717, 1.165) is 23.4 Å². The summed E-state index contributed by atoms with van der Waals surface area (Å²) in [5.41, 5.74) is 1.87. The van der Waals surface area contributed by atoms with Gasteiger partial charge in [-0.1, -0.05) is 18.2 Å². The van der Waals surface area contributed by atoms with Gasteiger partial charge in [-0.3, -0.25) is 0 Å².